The van der Waals surface area contributed by atoms with E-state index >= 15 is 0 Å². The maximum absolute atomic E-state index is 12.5. The first-order valence-electron chi connectivity index (χ1n) is 5.75. The van der Waals surface area contributed by atoms with Crippen molar-refractivity contribution in [3.63, 3.8) is 0 Å². The van der Waals surface area contributed by atoms with Crippen molar-refractivity contribution in [1.29, 1.82) is 5.26 Å². The molecule has 0 fully saturated rings. The number of aromatic nitrogens is 2. The molecule has 1 atom stereocenters. The number of hydrogen-bond acceptors (Lipinski definition) is 3. The summed E-state index contributed by atoms with van der Waals surface area (Å²) in [4.78, 5) is 4.86. The Balaban J connectivity index is 2.15. The van der Waals surface area contributed by atoms with Crippen LogP contribution in [0.4, 0.5) is 0 Å². The first-order valence-corrected chi connectivity index (χ1v) is 7.24. The molecular formula is C14H8ClN3OS. The van der Waals surface area contributed by atoms with E-state index in [1.807, 2.05) is 24.3 Å². The van der Waals surface area contributed by atoms with Crippen molar-refractivity contribution in [2.24, 2.45) is 0 Å². The van der Waals surface area contributed by atoms with Gasteiger partial charge in [0.15, 0.2) is 10.5 Å². The van der Waals surface area contributed by atoms with Crippen molar-refractivity contribution < 1.29 is 4.55 Å². The van der Waals surface area contributed by atoms with E-state index in [9.17, 15) is 4.55 Å². The maximum atomic E-state index is 12.5. The molecule has 20 heavy (non-hydrogen) atoms. The third kappa shape index (κ3) is 2.04. The van der Waals surface area contributed by atoms with Crippen LogP contribution < -0.4 is 0 Å². The zero-order valence-electron chi connectivity index (χ0n) is 10.2. The Morgan fingerprint density at radius 3 is 2.70 bits per heavy atom. The number of nitrogens with zero attached hydrogens (tertiary/aromatic N) is 3. The Bertz CT molecular complexity index is 810. The van der Waals surface area contributed by atoms with E-state index in [1.54, 1.807) is 24.4 Å². The van der Waals surface area contributed by atoms with Crippen molar-refractivity contribution in [2.75, 3.05) is 0 Å². The van der Waals surface area contributed by atoms with Gasteiger partial charge in [-0.15, -0.1) is 3.97 Å². The fraction of sp³-hybridized carbons (Fsp3) is 0. The van der Waals surface area contributed by atoms with Crippen LogP contribution in [0, 0.1) is 11.3 Å². The predicted molar refractivity (Wildman–Crippen MR) is 77.7 cm³/mol. The fourth-order valence-electron chi connectivity index (χ4n) is 1.89. The van der Waals surface area contributed by atoms with E-state index in [2.05, 4.69) is 4.98 Å². The number of halogens is 1. The summed E-state index contributed by atoms with van der Waals surface area (Å²) < 4.78 is 14.1. The lowest BCUT2D eigenvalue weighted by Gasteiger charge is -2.10. The van der Waals surface area contributed by atoms with Gasteiger partial charge in [0.2, 0.25) is 0 Å². The van der Waals surface area contributed by atoms with Gasteiger partial charge in [0.1, 0.15) is 17.4 Å². The monoisotopic (exact) mass is 301 g/mol. The molecule has 98 valence electrons. The summed E-state index contributed by atoms with van der Waals surface area (Å²) >= 11 is 4.74. The maximum Gasteiger partial charge on any atom is 0.188 e. The minimum absolute atomic E-state index is 0.308. The first kappa shape index (κ1) is 13.0. The van der Waals surface area contributed by atoms with E-state index in [4.69, 9.17) is 16.9 Å². The standard InChI is InChI=1S/C14H8ClN3OS/c15-13-10(8-16)9-17-14-12(13)6-7-18(14)20(19)11-4-2-1-3-5-11/h1-7,9H. The number of nitriles is 1. The van der Waals surface area contributed by atoms with E-state index in [1.165, 1.54) is 10.2 Å². The Labute approximate surface area is 123 Å². The molecule has 0 bridgehead atoms. The highest BCUT2D eigenvalue weighted by Gasteiger charge is 2.19. The van der Waals surface area contributed by atoms with Crippen LogP contribution in [0.2, 0.25) is 5.02 Å². The number of fused-ring (bicyclic) bond motifs is 1. The second-order valence-corrected chi connectivity index (χ2v) is 5.78. The van der Waals surface area contributed by atoms with Gasteiger partial charge in [-0.25, -0.2) is 4.98 Å². The summed E-state index contributed by atoms with van der Waals surface area (Å²) in [7, 11) is 0. The van der Waals surface area contributed by atoms with Crippen LogP contribution in [0.15, 0.2) is 53.7 Å². The molecule has 3 aromatic rings. The van der Waals surface area contributed by atoms with Gasteiger partial charge in [0.05, 0.1) is 16.8 Å². The van der Waals surface area contributed by atoms with Crippen molar-refractivity contribution in [3.8, 4) is 6.07 Å². The zero-order chi connectivity index (χ0) is 14.1. The van der Waals surface area contributed by atoms with Crippen molar-refractivity contribution in [3.05, 3.63) is 59.4 Å². The summed E-state index contributed by atoms with van der Waals surface area (Å²) in [6.45, 7) is 0. The predicted octanol–water partition coefficient (Wildman–Crippen LogP) is 3.13. The SMILES string of the molecule is N#Cc1cnc2c(ccn2[S+]([O-])c2ccccc2)c1Cl. The summed E-state index contributed by atoms with van der Waals surface area (Å²) in [5.41, 5.74) is 0.804. The number of benzene rings is 1. The third-order valence-corrected chi connectivity index (χ3v) is 4.59. The molecule has 0 radical (unpaired) electrons. The Hall–Kier alpha value is -2.00. The Morgan fingerprint density at radius 2 is 2.00 bits per heavy atom. The highest BCUT2D eigenvalue weighted by Crippen LogP contribution is 2.28. The highest BCUT2D eigenvalue weighted by molar-refractivity contribution is 7.90. The Kier molecular flexibility index (Phi) is 3.36. The van der Waals surface area contributed by atoms with Gasteiger partial charge >= 0.3 is 0 Å². The number of pyridine rings is 1. The molecular weight excluding hydrogens is 294 g/mol. The molecule has 0 amide bonds. The molecule has 0 aliphatic rings. The molecule has 2 heterocycles. The van der Waals surface area contributed by atoms with Crippen molar-refractivity contribution in [2.45, 2.75) is 4.90 Å². The van der Waals surface area contributed by atoms with Gasteiger partial charge < -0.3 is 4.55 Å². The van der Waals surface area contributed by atoms with Crippen LogP contribution in [0.5, 0.6) is 0 Å². The molecule has 0 aliphatic carbocycles. The van der Waals surface area contributed by atoms with E-state index < -0.39 is 11.4 Å². The average Bonchev–Trinajstić information content (AvgIpc) is 2.92. The smallest absolute Gasteiger partial charge is 0.188 e. The number of rotatable bonds is 2. The molecule has 0 aliphatic heterocycles. The summed E-state index contributed by atoms with van der Waals surface area (Å²) in [5, 5.41) is 9.89. The molecule has 0 saturated carbocycles. The van der Waals surface area contributed by atoms with Gasteiger partial charge in [-0.05, 0) is 18.2 Å². The van der Waals surface area contributed by atoms with Gasteiger partial charge in [0.25, 0.3) is 0 Å². The largest absolute Gasteiger partial charge is 0.587 e. The normalized spacial score (nSPS) is 12.2. The zero-order valence-corrected chi connectivity index (χ0v) is 11.7. The lowest BCUT2D eigenvalue weighted by Crippen LogP contribution is -2.12. The van der Waals surface area contributed by atoms with Gasteiger partial charge in [-0.3, -0.25) is 0 Å². The molecule has 0 saturated heterocycles. The van der Waals surface area contributed by atoms with Crippen LogP contribution in [0.3, 0.4) is 0 Å². The van der Waals surface area contributed by atoms with Crippen LogP contribution in [0.1, 0.15) is 5.56 Å². The summed E-state index contributed by atoms with van der Waals surface area (Å²) in [5.74, 6) is 0. The van der Waals surface area contributed by atoms with Crippen LogP contribution in [0.25, 0.3) is 11.0 Å². The molecule has 1 unspecified atom stereocenters. The van der Waals surface area contributed by atoms with Gasteiger partial charge in [0, 0.05) is 11.6 Å². The second kappa shape index (κ2) is 5.17. The van der Waals surface area contributed by atoms with E-state index in [-0.39, 0.29) is 0 Å². The van der Waals surface area contributed by atoms with Crippen molar-refractivity contribution >= 4 is 34.0 Å². The topological polar surface area (TPSA) is 64.7 Å². The van der Waals surface area contributed by atoms with Gasteiger partial charge in [-0.2, -0.15) is 5.26 Å². The average molecular weight is 302 g/mol. The van der Waals surface area contributed by atoms with E-state index in [0.717, 1.165) is 0 Å². The Morgan fingerprint density at radius 1 is 1.25 bits per heavy atom. The highest BCUT2D eigenvalue weighted by atomic mass is 35.5. The van der Waals surface area contributed by atoms with Crippen LogP contribution in [-0.2, 0) is 11.4 Å². The molecule has 3 rings (SSSR count). The van der Waals surface area contributed by atoms with Crippen molar-refractivity contribution in [1.82, 2.24) is 8.96 Å². The first-order chi connectivity index (χ1) is 9.72. The summed E-state index contributed by atoms with van der Waals surface area (Å²) in [6.07, 6.45) is 3.05. The molecule has 0 spiro atoms. The second-order valence-electron chi connectivity index (χ2n) is 4.04. The molecule has 1 aromatic carbocycles. The minimum atomic E-state index is -1.39. The molecule has 6 heteroatoms. The van der Waals surface area contributed by atoms with E-state index in [0.29, 0.717) is 26.5 Å². The fourth-order valence-corrected chi connectivity index (χ4v) is 3.22. The third-order valence-electron chi connectivity index (χ3n) is 2.86. The lowest BCUT2D eigenvalue weighted by molar-refractivity contribution is 0.587. The van der Waals surface area contributed by atoms with Gasteiger partial charge in [-0.1, -0.05) is 29.8 Å². The molecule has 4 nitrogen and oxygen atoms in total. The summed E-state index contributed by atoms with van der Waals surface area (Å²) in [6, 6.07) is 12.8. The minimum Gasteiger partial charge on any atom is -0.587 e. The quantitative estimate of drug-likeness (QED) is 0.683. The number of hydrogen-bond donors (Lipinski definition) is 0. The lowest BCUT2D eigenvalue weighted by atomic mass is 10.2. The van der Waals surface area contributed by atoms with Crippen LogP contribution in [-0.4, -0.2) is 13.5 Å². The molecule has 2 aromatic heterocycles. The molecule has 0 N–H and O–H groups in total. The van der Waals surface area contributed by atoms with Crippen LogP contribution >= 0.6 is 11.6 Å².